The lowest BCUT2D eigenvalue weighted by Crippen LogP contribution is -2.24. The van der Waals surface area contributed by atoms with E-state index in [1.165, 1.54) is 0 Å². The number of aryl methyl sites for hydroxylation is 2. The van der Waals surface area contributed by atoms with Crippen molar-refractivity contribution in [2.45, 2.75) is 13.3 Å². The fourth-order valence-electron chi connectivity index (χ4n) is 3.08. The Balaban J connectivity index is 1.89. The SMILES string of the molecule is Cc1nnn(C)c1-c1cnc2c(c1)[nH]c1ccc(CC(=O)[O-])cc12. The van der Waals surface area contributed by atoms with Gasteiger partial charge >= 0.3 is 0 Å². The van der Waals surface area contributed by atoms with Crippen LogP contribution < -0.4 is 5.11 Å². The number of carbonyl (C=O) groups is 1. The van der Waals surface area contributed by atoms with Crippen LogP contribution in [-0.2, 0) is 18.3 Å². The first kappa shape index (κ1) is 14.4. The molecule has 0 saturated carbocycles. The van der Waals surface area contributed by atoms with Gasteiger partial charge < -0.3 is 14.9 Å². The molecule has 4 aromatic rings. The lowest BCUT2D eigenvalue weighted by atomic mass is 10.1. The summed E-state index contributed by atoms with van der Waals surface area (Å²) >= 11 is 0. The zero-order valence-corrected chi connectivity index (χ0v) is 13.2. The quantitative estimate of drug-likeness (QED) is 0.609. The second-order valence-electron chi connectivity index (χ2n) is 5.82. The molecule has 0 bridgehead atoms. The first-order chi connectivity index (χ1) is 11.5. The second kappa shape index (κ2) is 5.16. The van der Waals surface area contributed by atoms with Crippen LogP contribution in [0.15, 0.2) is 30.5 Å². The number of rotatable bonds is 3. The first-order valence-corrected chi connectivity index (χ1v) is 7.50. The number of H-pyrrole nitrogens is 1. The van der Waals surface area contributed by atoms with Gasteiger partial charge in [-0.15, -0.1) is 5.10 Å². The van der Waals surface area contributed by atoms with Crippen LogP contribution in [-0.4, -0.2) is 30.9 Å². The number of aliphatic carboxylic acids is 1. The van der Waals surface area contributed by atoms with Crippen molar-refractivity contribution in [3.63, 3.8) is 0 Å². The van der Waals surface area contributed by atoms with Crippen molar-refractivity contribution in [2.24, 2.45) is 7.05 Å². The van der Waals surface area contributed by atoms with Crippen molar-refractivity contribution in [2.75, 3.05) is 0 Å². The third-order valence-corrected chi connectivity index (χ3v) is 4.11. The van der Waals surface area contributed by atoms with Crippen molar-refractivity contribution >= 4 is 27.9 Å². The number of fused-ring (bicyclic) bond motifs is 3. The average molecular weight is 320 g/mol. The summed E-state index contributed by atoms with van der Waals surface area (Å²) in [6.45, 7) is 1.91. The maximum atomic E-state index is 10.8. The van der Waals surface area contributed by atoms with Gasteiger partial charge in [0.1, 0.15) is 0 Å². The summed E-state index contributed by atoms with van der Waals surface area (Å²) < 4.78 is 1.72. The van der Waals surface area contributed by atoms with Crippen LogP contribution in [0.1, 0.15) is 11.3 Å². The third-order valence-electron chi connectivity index (χ3n) is 4.11. The number of carboxylic acids is 1. The third kappa shape index (κ3) is 2.21. The maximum absolute atomic E-state index is 10.8. The van der Waals surface area contributed by atoms with E-state index < -0.39 is 5.97 Å². The smallest absolute Gasteiger partial charge is 0.0958 e. The zero-order valence-electron chi connectivity index (χ0n) is 13.2. The largest absolute Gasteiger partial charge is 0.550 e. The summed E-state index contributed by atoms with van der Waals surface area (Å²) in [5.41, 5.74) is 5.98. The summed E-state index contributed by atoms with van der Waals surface area (Å²) in [5.74, 6) is -1.09. The van der Waals surface area contributed by atoms with Gasteiger partial charge in [-0.25, -0.2) is 4.68 Å². The molecule has 0 unspecified atom stereocenters. The molecule has 0 aliphatic carbocycles. The van der Waals surface area contributed by atoms with Gasteiger partial charge in [-0.1, -0.05) is 11.3 Å². The second-order valence-corrected chi connectivity index (χ2v) is 5.82. The maximum Gasteiger partial charge on any atom is 0.0958 e. The Kier molecular flexibility index (Phi) is 3.09. The molecule has 0 aliphatic rings. The monoisotopic (exact) mass is 320 g/mol. The molecular formula is C17H14N5O2-. The standard InChI is InChI=1S/C17H15N5O2/c1-9-17(22(2)21-20-9)11-7-14-16(18-8-11)12-5-10(6-15(23)24)3-4-13(12)19-14/h3-5,7-8,19H,6H2,1-2H3,(H,23,24)/p-1. The summed E-state index contributed by atoms with van der Waals surface area (Å²) in [5, 5.41) is 19.8. The molecule has 24 heavy (non-hydrogen) atoms. The van der Waals surface area contributed by atoms with Gasteiger partial charge in [0.15, 0.2) is 0 Å². The molecule has 4 rings (SSSR count). The van der Waals surface area contributed by atoms with Crippen LogP contribution in [0.25, 0.3) is 33.2 Å². The summed E-state index contributed by atoms with van der Waals surface area (Å²) in [4.78, 5) is 18.7. The molecule has 0 atom stereocenters. The normalized spacial score (nSPS) is 11.4. The lowest BCUT2D eigenvalue weighted by molar-refractivity contribution is -0.304. The van der Waals surface area contributed by atoms with Gasteiger partial charge in [0, 0.05) is 42.1 Å². The van der Waals surface area contributed by atoms with Crippen molar-refractivity contribution in [1.29, 1.82) is 0 Å². The van der Waals surface area contributed by atoms with E-state index in [0.29, 0.717) is 5.56 Å². The fraction of sp³-hybridized carbons (Fsp3) is 0.176. The van der Waals surface area contributed by atoms with Crippen LogP contribution >= 0.6 is 0 Å². The van der Waals surface area contributed by atoms with Crippen LogP contribution in [0.4, 0.5) is 0 Å². The number of nitrogens with one attached hydrogen (secondary N) is 1. The van der Waals surface area contributed by atoms with E-state index in [1.54, 1.807) is 16.9 Å². The van der Waals surface area contributed by atoms with Gasteiger partial charge in [-0.05, 0) is 30.7 Å². The van der Waals surface area contributed by atoms with E-state index in [9.17, 15) is 9.90 Å². The number of carbonyl (C=O) groups excluding carboxylic acids is 1. The Morgan fingerprint density at radius 1 is 1.29 bits per heavy atom. The lowest BCUT2D eigenvalue weighted by Gasteiger charge is -2.03. The van der Waals surface area contributed by atoms with E-state index in [-0.39, 0.29) is 6.42 Å². The molecule has 0 saturated heterocycles. The molecule has 3 heterocycles. The number of hydrogen-bond donors (Lipinski definition) is 1. The highest BCUT2D eigenvalue weighted by Gasteiger charge is 2.13. The minimum atomic E-state index is -1.09. The number of aromatic amines is 1. The van der Waals surface area contributed by atoms with Crippen molar-refractivity contribution in [1.82, 2.24) is 25.0 Å². The highest BCUT2D eigenvalue weighted by molar-refractivity contribution is 6.06. The van der Waals surface area contributed by atoms with Crippen molar-refractivity contribution in [3.05, 3.63) is 41.7 Å². The molecule has 1 N–H and O–H groups in total. The molecule has 7 heteroatoms. The fourth-order valence-corrected chi connectivity index (χ4v) is 3.08. The summed E-state index contributed by atoms with van der Waals surface area (Å²) in [7, 11) is 1.84. The Hall–Kier alpha value is -3.22. The van der Waals surface area contributed by atoms with Gasteiger partial charge in [0.2, 0.25) is 0 Å². The molecule has 0 aliphatic heterocycles. The van der Waals surface area contributed by atoms with Crippen molar-refractivity contribution in [3.8, 4) is 11.3 Å². The summed E-state index contributed by atoms with van der Waals surface area (Å²) in [6.07, 6.45) is 1.67. The Labute approximate surface area is 136 Å². The number of hydrogen-bond acceptors (Lipinski definition) is 5. The molecule has 0 amide bonds. The number of aromatic nitrogens is 5. The Bertz CT molecular complexity index is 1070. The Morgan fingerprint density at radius 3 is 2.83 bits per heavy atom. The van der Waals surface area contributed by atoms with Crippen LogP contribution in [0.2, 0.25) is 0 Å². The number of nitrogens with zero attached hydrogens (tertiary/aromatic N) is 4. The van der Waals surface area contributed by atoms with Crippen LogP contribution in [0.5, 0.6) is 0 Å². The number of pyridine rings is 1. The van der Waals surface area contributed by atoms with E-state index in [0.717, 1.165) is 38.9 Å². The molecule has 0 fully saturated rings. The van der Waals surface area contributed by atoms with E-state index in [2.05, 4.69) is 20.3 Å². The van der Waals surface area contributed by atoms with Crippen LogP contribution in [0.3, 0.4) is 0 Å². The minimum absolute atomic E-state index is 0.111. The minimum Gasteiger partial charge on any atom is -0.550 e. The number of benzene rings is 1. The summed E-state index contributed by atoms with van der Waals surface area (Å²) in [6, 6.07) is 7.50. The molecular weight excluding hydrogens is 306 g/mol. The zero-order chi connectivity index (χ0) is 16.8. The number of carboxylic acid groups (broad SMARTS) is 1. The predicted octanol–water partition coefficient (Wildman–Crippen LogP) is 1.11. The molecule has 7 nitrogen and oxygen atoms in total. The van der Waals surface area contributed by atoms with Gasteiger partial charge in [-0.2, -0.15) is 0 Å². The van der Waals surface area contributed by atoms with Crippen LogP contribution in [0, 0.1) is 6.92 Å². The average Bonchev–Trinajstić information content (AvgIpc) is 3.06. The highest BCUT2D eigenvalue weighted by atomic mass is 16.4. The predicted molar refractivity (Wildman–Crippen MR) is 87.0 cm³/mol. The molecule has 120 valence electrons. The molecule has 3 aromatic heterocycles. The van der Waals surface area contributed by atoms with E-state index in [1.807, 2.05) is 32.2 Å². The molecule has 0 radical (unpaired) electrons. The highest BCUT2D eigenvalue weighted by Crippen LogP contribution is 2.29. The van der Waals surface area contributed by atoms with Gasteiger partial charge in [0.05, 0.1) is 22.4 Å². The topological polar surface area (TPSA) is 99.5 Å². The van der Waals surface area contributed by atoms with Crippen molar-refractivity contribution < 1.29 is 9.90 Å². The Morgan fingerprint density at radius 2 is 2.12 bits per heavy atom. The van der Waals surface area contributed by atoms with E-state index in [4.69, 9.17) is 0 Å². The van der Waals surface area contributed by atoms with Gasteiger partial charge in [0.25, 0.3) is 0 Å². The van der Waals surface area contributed by atoms with Gasteiger partial charge in [-0.3, -0.25) is 4.98 Å². The van der Waals surface area contributed by atoms with E-state index >= 15 is 0 Å². The molecule has 1 aromatic carbocycles. The first-order valence-electron chi connectivity index (χ1n) is 7.50. The molecule has 0 spiro atoms.